The minimum atomic E-state index is 0.0881. The van der Waals surface area contributed by atoms with Gasteiger partial charge in [0.2, 0.25) is 0 Å². The monoisotopic (exact) mass is 300 g/mol. The smallest absolute Gasteiger partial charge is 0.163 e. The maximum Gasteiger partial charge on any atom is 0.163 e. The van der Waals surface area contributed by atoms with Crippen molar-refractivity contribution in [1.29, 1.82) is 0 Å². The van der Waals surface area contributed by atoms with Crippen molar-refractivity contribution in [1.82, 2.24) is 0 Å². The highest BCUT2D eigenvalue weighted by Crippen LogP contribution is 2.31. The van der Waals surface area contributed by atoms with E-state index in [1.54, 1.807) is 0 Å². The molecule has 0 fully saturated rings. The maximum atomic E-state index is 12.7. The lowest BCUT2D eigenvalue weighted by Gasteiger charge is -2.19. The molecular formula is C22H20O. The summed E-state index contributed by atoms with van der Waals surface area (Å²) in [5, 5.41) is 0. The molecule has 3 rings (SSSR count). The first kappa shape index (κ1) is 15.2. The van der Waals surface area contributed by atoms with E-state index in [0.717, 1.165) is 5.56 Å². The maximum absolute atomic E-state index is 12.7. The van der Waals surface area contributed by atoms with Gasteiger partial charge in [-0.05, 0) is 23.6 Å². The van der Waals surface area contributed by atoms with E-state index in [1.165, 1.54) is 16.7 Å². The van der Waals surface area contributed by atoms with Crippen LogP contribution in [0.4, 0.5) is 0 Å². The standard InChI is InChI=1S/C22H20O/c1-17-10-8-9-15-20(17)21(18-11-4-2-5-12-18)16-22(23)19-13-6-3-7-14-19/h2-15,21H,16H2,1H3/t21-/m0/s1. The lowest BCUT2D eigenvalue weighted by Crippen LogP contribution is -2.10. The zero-order chi connectivity index (χ0) is 16.1. The van der Waals surface area contributed by atoms with E-state index in [2.05, 4.69) is 31.2 Å². The van der Waals surface area contributed by atoms with E-state index in [-0.39, 0.29) is 11.7 Å². The van der Waals surface area contributed by atoms with E-state index < -0.39 is 0 Å². The van der Waals surface area contributed by atoms with Gasteiger partial charge in [0.1, 0.15) is 0 Å². The van der Waals surface area contributed by atoms with Gasteiger partial charge in [0.25, 0.3) is 0 Å². The van der Waals surface area contributed by atoms with Gasteiger partial charge < -0.3 is 0 Å². The summed E-state index contributed by atoms with van der Waals surface area (Å²) in [6.45, 7) is 2.11. The number of hydrogen-bond donors (Lipinski definition) is 0. The van der Waals surface area contributed by atoms with Crippen LogP contribution in [0.25, 0.3) is 0 Å². The molecule has 0 amide bonds. The minimum Gasteiger partial charge on any atom is -0.294 e. The van der Waals surface area contributed by atoms with Crippen molar-refractivity contribution in [3.05, 3.63) is 107 Å². The van der Waals surface area contributed by atoms with Crippen LogP contribution < -0.4 is 0 Å². The lowest BCUT2D eigenvalue weighted by atomic mass is 9.84. The van der Waals surface area contributed by atoms with Gasteiger partial charge in [0.15, 0.2) is 5.78 Å². The van der Waals surface area contributed by atoms with Crippen molar-refractivity contribution in [3.63, 3.8) is 0 Å². The largest absolute Gasteiger partial charge is 0.294 e. The second-order valence-corrected chi connectivity index (χ2v) is 5.81. The summed E-state index contributed by atoms with van der Waals surface area (Å²) in [4.78, 5) is 12.7. The van der Waals surface area contributed by atoms with Gasteiger partial charge in [-0.25, -0.2) is 0 Å². The van der Waals surface area contributed by atoms with Crippen LogP contribution in [0.2, 0.25) is 0 Å². The van der Waals surface area contributed by atoms with Crippen LogP contribution in [0.1, 0.15) is 39.4 Å². The molecule has 0 unspecified atom stereocenters. The third kappa shape index (κ3) is 3.57. The molecule has 23 heavy (non-hydrogen) atoms. The van der Waals surface area contributed by atoms with Crippen LogP contribution in [-0.4, -0.2) is 5.78 Å². The number of Topliss-reactive ketones (excluding diaryl/α,β-unsaturated/α-hetero) is 1. The van der Waals surface area contributed by atoms with E-state index in [1.807, 2.05) is 60.7 Å². The molecule has 0 saturated carbocycles. The van der Waals surface area contributed by atoms with Gasteiger partial charge in [-0.1, -0.05) is 84.9 Å². The number of ketones is 1. The van der Waals surface area contributed by atoms with Crippen molar-refractivity contribution in [2.45, 2.75) is 19.3 Å². The predicted molar refractivity (Wildman–Crippen MR) is 94.9 cm³/mol. The van der Waals surface area contributed by atoms with Crippen molar-refractivity contribution >= 4 is 5.78 Å². The van der Waals surface area contributed by atoms with Crippen molar-refractivity contribution in [2.75, 3.05) is 0 Å². The van der Waals surface area contributed by atoms with Crippen LogP contribution in [0, 0.1) is 6.92 Å². The Morgan fingerprint density at radius 3 is 2.00 bits per heavy atom. The summed E-state index contributed by atoms with van der Waals surface area (Å²) < 4.78 is 0. The summed E-state index contributed by atoms with van der Waals surface area (Å²) in [6.07, 6.45) is 0.485. The number of rotatable bonds is 5. The average molecular weight is 300 g/mol. The lowest BCUT2D eigenvalue weighted by molar-refractivity contribution is 0.0977. The molecule has 114 valence electrons. The Balaban J connectivity index is 1.97. The number of carbonyl (C=O) groups excluding carboxylic acids is 1. The topological polar surface area (TPSA) is 17.1 Å². The third-order valence-electron chi connectivity index (χ3n) is 4.25. The Bertz CT molecular complexity index is 775. The summed E-state index contributed by atoms with van der Waals surface area (Å²) >= 11 is 0. The molecule has 0 radical (unpaired) electrons. The number of aryl methyl sites for hydroxylation is 1. The predicted octanol–water partition coefficient (Wildman–Crippen LogP) is 5.40. The molecule has 1 nitrogen and oxygen atoms in total. The summed E-state index contributed by atoms with van der Waals surface area (Å²) in [7, 11) is 0. The fraction of sp³-hybridized carbons (Fsp3) is 0.136. The number of carbonyl (C=O) groups is 1. The van der Waals surface area contributed by atoms with Gasteiger partial charge in [0.05, 0.1) is 0 Å². The van der Waals surface area contributed by atoms with Crippen molar-refractivity contribution in [3.8, 4) is 0 Å². The molecule has 0 aliphatic heterocycles. The number of hydrogen-bond acceptors (Lipinski definition) is 1. The summed E-state index contributed by atoms with van der Waals surface area (Å²) in [5.74, 6) is 0.271. The molecule has 0 N–H and O–H groups in total. The van der Waals surface area contributed by atoms with Gasteiger partial charge in [0, 0.05) is 17.9 Å². The molecule has 0 aliphatic rings. The van der Waals surface area contributed by atoms with Crippen LogP contribution in [0.5, 0.6) is 0 Å². The molecule has 0 bridgehead atoms. The van der Waals surface area contributed by atoms with E-state index in [4.69, 9.17) is 0 Å². The molecule has 0 heterocycles. The summed E-state index contributed by atoms with van der Waals surface area (Å²) in [6, 6.07) is 28.2. The summed E-state index contributed by atoms with van der Waals surface area (Å²) in [5.41, 5.74) is 4.42. The van der Waals surface area contributed by atoms with Crippen LogP contribution in [0.15, 0.2) is 84.9 Å². The van der Waals surface area contributed by atoms with Gasteiger partial charge in [-0.3, -0.25) is 4.79 Å². The van der Waals surface area contributed by atoms with Crippen LogP contribution in [0.3, 0.4) is 0 Å². The highest BCUT2D eigenvalue weighted by atomic mass is 16.1. The second-order valence-electron chi connectivity index (χ2n) is 5.81. The Morgan fingerprint density at radius 2 is 1.35 bits per heavy atom. The van der Waals surface area contributed by atoms with E-state index in [9.17, 15) is 4.79 Å². The molecule has 1 atom stereocenters. The first-order valence-corrected chi connectivity index (χ1v) is 7.94. The van der Waals surface area contributed by atoms with E-state index >= 15 is 0 Å². The molecule has 0 spiro atoms. The van der Waals surface area contributed by atoms with Crippen LogP contribution >= 0.6 is 0 Å². The third-order valence-corrected chi connectivity index (χ3v) is 4.25. The molecular weight excluding hydrogens is 280 g/mol. The molecule has 0 saturated heterocycles. The van der Waals surface area contributed by atoms with Gasteiger partial charge >= 0.3 is 0 Å². The quantitative estimate of drug-likeness (QED) is 0.577. The first-order chi connectivity index (χ1) is 11.3. The van der Waals surface area contributed by atoms with Crippen LogP contribution in [-0.2, 0) is 0 Å². The fourth-order valence-corrected chi connectivity index (χ4v) is 3.00. The average Bonchev–Trinajstić information content (AvgIpc) is 2.62. The Morgan fingerprint density at radius 1 is 0.783 bits per heavy atom. The number of benzene rings is 3. The van der Waals surface area contributed by atoms with Gasteiger partial charge in [-0.15, -0.1) is 0 Å². The Kier molecular flexibility index (Phi) is 4.68. The molecule has 0 aliphatic carbocycles. The van der Waals surface area contributed by atoms with Crippen molar-refractivity contribution in [2.24, 2.45) is 0 Å². The molecule has 3 aromatic rings. The fourth-order valence-electron chi connectivity index (χ4n) is 3.00. The molecule has 3 aromatic carbocycles. The highest BCUT2D eigenvalue weighted by Gasteiger charge is 2.20. The Hall–Kier alpha value is -2.67. The van der Waals surface area contributed by atoms with E-state index in [0.29, 0.717) is 6.42 Å². The zero-order valence-electron chi connectivity index (χ0n) is 13.3. The highest BCUT2D eigenvalue weighted by molar-refractivity contribution is 5.96. The van der Waals surface area contributed by atoms with Gasteiger partial charge in [-0.2, -0.15) is 0 Å². The Labute approximate surface area is 137 Å². The normalized spacial score (nSPS) is 11.9. The zero-order valence-corrected chi connectivity index (χ0v) is 13.3. The first-order valence-electron chi connectivity index (χ1n) is 7.94. The van der Waals surface area contributed by atoms with Crippen molar-refractivity contribution < 1.29 is 4.79 Å². The molecule has 0 aromatic heterocycles. The SMILES string of the molecule is Cc1ccccc1[C@@H](CC(=O)c1ccccc1)c1ccccc1. The minimum absolute atomic E-state index is 0.0881. The second kappa shape index (κ2) is 7.06. The molecule has 1 heteroatoms.